The van der Waals surface area contributed by atoms with E-state index in [1.165, 1.54) is 6.07 Å². The number of ether oxygens (including phenoxy) is 2. The predicted molar refractivity (Wildman–Crippen MR) is 68.3 cm³/mol. The maximum atomic E-state index is 13.8. The van der Waals surface area contributed by atoms with E-state index in [-0.39, 0.29) is 18.0 Å². The van der Waals surface area contributed by atoms with Crippen molar-refractivity contribution in [1.82, 2.24) is 5.32 Å². The molecular weight excluding hydrogens is 233 g/mol. The van der Waals surface area contributed by atoms with Gasteiger partial charge in [0, 0.05) is 24.3 Å². The lowest BCUT2D eigenvalue weighted by Gasteiger charge is -2.14. The molecule has 0 spiro atoms. The van der Waals surface area contributed by atoms with E-state index in [1.807, 2.05) is 14.0 Å². The molecule has 0 radical (unpaired) electrons. The molecule has 0 saturated carbocycles. The zero-order valence-corrected chi connectivity index (χ0v) is 10.9. The van der Waals surface area contributed by atoms with Gasteiger partial charge in [0.25, 0.3) is 0 Å². The van der Waals surface area contributed by atoms with Gasteiger partial charge in [-0.05, 0) is 32.9 Å². The summed E-state index contributed by atoms with van der Waals surface area (Å²) in [6.45, 7) is 3.23. The fourth-order valence-electron chi connectivity index (χ4n) is 2.07. The number of rotatable bonds is 5. The van der Waals surface area contributed by atoms with E-state index in [1.54, 1.807) is 12.1 Å². The Labute approximate surface area is 107 Å². The molecule has 18 heavy (non-hydrogen) atoms. The molecule has 2 rings (SSSR count). The molecule has 1 saturated heterocycles. The molecule has 1 fully saturated rings. The average molecular weight is 253 g/mol. The summed E-state index contributed by atoms with van der Waals surface area (Å²) in [4.78, 5) is 0. The highest BCUT2D eigenvalue weighted by molar-refractivity contribution is 5.30. The summed E-state index contributed by atoms with van der Waals surface area (Å²) in [6.07, 6.45) is 2.27. The first-order chi connectivity index (χ1) is 8.70. The first kappa shape index (κ1) is 13.3. The van der Waals surface area contributed by atoms with Crippen molar-refractivity contribution in [3.63, 3.8) is 0 Å². The molecule has 1 N–H and O–H groups in total. The third-order valence-corrected chi connectivity index (χ3v) is 3.33. The minimum Gasteiger partial charge on any atom is -0.491 e. The smallest absolute Gasteiger partial charge is 0.131 e. The lowest BCUT2D eigenvalue weighted by atomic mass is 10.1. The van der Waals surface area contributed by atoms with Gasteiger partial charge in [-0.25, -0.2) is 4.39 Å². The van der Waals surface area contributed by atoms with Crippen molar-refractivity contribution < 1.29 is 13.9 Å². The Kier molecular flexibility index (Phi) is 4.55. The van der Waals surface area contributed by atoms with Crippen molar-refractivity contribution in [1.29, 1.82) is 0 Å². The molecule has 0 bridgehead atoms. The van der Waals surface area contributed by atoms with Crippen LogP contribution in [0.2, 0.25) is 0 Å². The quantitative estimate of drug-likeness (QED) is 0.875. The summed E-state index contributed by atoms with van der Waals surface area (Å²) in [6, 6.07) is 5.01. The maximum absolute atomic E-state index is 13.8. The van der Waals surface area contributed by atoms with Gasteiger partial charge in [-0.3, -0.25) is 0 Å². The highest BCUT2D eigenvalue weighted by atomic mass is 19.1. The first-order valence-corrected chi connectivity index (χ1v) is 6.42. The third kappa shape index (κ3) is 3.21. The Morgan fingerprint density at radius 1 is 1.56 bits per heavy atom. The second-order valence-corrected chi connectivity index (χ2v) is 4.64. The topological polar surface area (TPSA) is 30.5 Å². The van der Waals surface area contributed by atoms with Crippen LogP contribution >= 0.6 is 0 Å². The first-order valence-electron chi connectivity index (χ1n) is 6.42. The van der Waals surface area contributed by atoms with Crippen molar-refractivity contribution in [2.24, 2.45) is 0 Å². The van der Waals surface area contributed by atoms with Gasteiger partial charge in [-0.15, -0.1) is 0 Å². The Morgan fingerprint density at radius 3 is 3.00 bits per heavy atom. The van der Waals surface area contributed by atoms with Crippen LogP contribution in [0.3, 0.4) is 0 Å². The van der Waals surface area contributed by atoms with Gasteiger partial charge in [0.05, 0.1) is 6.10 Å². The Hall–Kier alpha value is -1.13. The number of hydrogen-bond acceptors (Lipinski definition) is 3. The van der Waals surface area contributed by atoms with Crippen LogP contribution < -0.4 is 10.1 Å². The summed E-state index contributed by atoms with van der Waals surface area (Å²) in [5.74, 6) is 0.330. The zero-order chi connectivity index (χ0) is 13.0. The monoisotopic (exact) mass is 253 g/mol. The van der Waals surface area contributed by atoms with Crippen molar-refractivity contribution in [2.45, 2.75) is 31.9 Å². The van der Waals surface area contributed by atoms with Gasteiger partial charge in [-0.2, -0.15) is 0 Å². The molecule has 1 aromatic carbocycles. The Balaban J connectivity index is 1.95. The molecule has 2 atom stereocenters. The normalized spacial score (nSPS) is 20.9. The van der Waals surface area contributed by atoms with E-state index in [9.17, 15) is 4.39 Å². The van der Waals surface area contributed by atoms with Gasteiger partial charge < -0.3 is 14.8 Å². The van der Waals surface area contributed by atoms with Gasteiger partial charge in [0.1, 0.15) is 18.2 Å². The van der Waals surface area contributed by atoms with Crippen LogP contribution in [0.4, 0.5) is 4.39 Å². The van der Waals surface area contributed by atoms with Gasteiger partial charge in [0.2, 0.25) is 0 Å². The largest absolute Gasteiger partial charge is 0.491 e. The lowest BCUT2D eigenvalue weighted by Crippen LogP contribution is -2.17. The van der Waals surface area contributed by atoms with Crippen LogP contribution in [0.5, 0.6) is 5.75 Å². The molecule has 0 aromatic heterocycles. The molecule has 1 heterocycles. The Morgan fingerprint density at radius 2 is 2.39 bits per heavy atom. The molecule has 100 valence electrons. The Bertz CT molecular complexity index is 391. The fraction of sp³-hybridized carbons (Fsp3) is 0.571. The molecular formula is C14H20FNO2. The number of benzene rings is 1. The van der Waals surface area contributed by atoms with E-state index >= 15 is 0 Å². The van der Waals surface area contributed by atoms with Crippen LogP contribution in [0.25, 0.3) is 0 Å². The summed E-state index contributed by atoms with van der Waals surface area (Å²) in [5, 5.41) is 3.02. The molecule has 3 nitrogen and oxygen atoms in total. The molecule has 1 aliphatic rings. The van der Waals surface area contributed by atoms with Gasteiger partial charge >= 0.3 is 0 Å². The van der Waals surface area contributed by atoms with E-state index in [0.717, 1.165) is 19.4 Å². The van der Waals surface area contributed by atoms with E-state index in [0.29, 0.717) is 17.9 Å². The lowest BCUT2D eigenvalue weighted by molar-refractivity contribution is 0.0678. The van der Waals surface area contributed by atoms with Gasteiger partial charge in [-0.1, -0.05) is 6.07 Å². The van der Waals surface area contributed by atoms with Crippen LogP contribution in [0, 0.1) is 5.82 Å². The van der Waals surface area contributed by atoms with Crippen LogP contribution in [-0.2, 0) is 4.74 Å². The molecule has 1 aliphatic heterocycles. The van der Waals surface area contributed by atoms with Crippen molar-refractivity contribution in [3.05, 3.63) is 29.6 Å². The van der Waals surface area contributed by atoms with Crippen LogP contribution in [0.1, 0.15) is 31.4 Å². The van der Waals surface area contributed by atoms with Gasteiger partial charge in [0.15, 0.2) is 0 Å². The second kappa shape index (κ2) is 6.16. The predicted octanol–water partition coefficient (Wildman–Crippen LogP) is 2.66. The SMILES string of the molecule is CNC(C)c1ccc(OCC2CCCO2)cc1F. The van der Waals surface area contributed by atoms with Crippen LogP contribution in [-0.4, -0.2) is 26.4 Å². The van der Waals surface area contributed by atoms with Crippen molar-refractivity contribution in [2.75, 3.05) is 20.3 Å². The standard InChI is InChI=1S/C14H20FNO2/c1-10(16-2)13-6-5-11(8-14(13)15)18-9-12-4-3-7-17-12/h5-6,8,10,12,16H,3-4,7,9H2,1-2H3. The molecule has 4 heteroatoms. The maximum Gasteiger partial charge on any atom is 0.131 e. The highest BCUT2D eigenvalue weighted by Crippen LogP contribution is 2.22. The van der Waals surface area contributed by atoms with E-state index in [4.69, 9.17) is 9.47 Å². The molecule has 0 amide bonds. The molecule has 0 aliphatic carbocycles. The molecule has 2 unspecified atom stereocenters. The minimum atomic E-state index is -0.235. The number of hydrogen-bond donors (Lipinski definition) is 1. The van der Waals surface area contributed by atoms with Crippen molar-refractivity contribution >= 4 is 0 Å². The van der Waals surface area contributed by atoms with E-state index < -0.39 is 0 Å². The third-order valence-electron chi connectivity index (χ3n) is 3.33. The molecule has 1 aromatic rings. The summed E-state index contributed by atoms with van der Waals surface area (Å²) in [7, 11) is 1.81. The minimum absolute atomic E-state index is 0.00258. The fourth-order valence-corrected chi connectivity index (χ4v) is 2.07. The number of nitrogens with one attached hydrogen (secondary N) is 1. The second-order valence-electron chi connectivity index (χ2n) is 4.64. The number of halogens is 1. The van der Waals surface area contributed by atoms with Crippen molar-refractivity contribution in [3.8, 4) is 5.75 Å². The highest BCUT2D eigenvalue weighted by Gasteiger charge is 2.16. The zero-order valence-electron chi connectivity index (χ0n) is 10.9. The summed E-state index contributed by atoms with van der Waals surface area (Å²) in [5.41, 5.74) is 0.655. The average Bonchev–Trinajstić information content (AvgIpc) is 2.88. The van der Waals surface area contributed by atoms with Crippen LogP contribution in [0.15, 0.2) is 18.2 Å². The summed E-state index contributed by atoms with van der Waals surface area (Å²) < 4.78 is 24.8. The summed E-state index contributed by atoms with van der Waals surface area (Å²) >= 11 is 0. The van der Waals surface area contributed by atoms with E-state index in [2.05, 4.69) is 5.32 Å².